The molecule has 1 N–H and O–H groups in total. The minimum atomic E-state index is -0.314. The Labute approximate surface area is 147 Å². The summed E-state index contributed by atoms with van der Waals surface area (Å²) < 4.78 is 0. The van der Waals surface area contributed by atoms with Crippen molar-refractivity contribution in [3.63, 3.8) is 0 Å². The zero-order valence-corrected chi connectivity index (χ0v) is 15.5. The predicted molar refractivity (Wildman–Crippen MR) is 101 cm³/mol. The second kappa shape index (κ2) is 5.81. The average Bonchev–Trinajstić information content (AvgIpc) is 2.78. The number of allylic oxidation sites excluding steroid dienone is 1. The van der Waals surface area contributed by atoms with Gasteiger partial charge in [-0.15, -0.1) is 0 Å². The molecule has 1 aromatic rings. The second-order valence-corrected chi connectivity index (χ2v) is 7.82. The molecule has 2 amide bonds. The number of carbonyl (C=O) groups excluding carboxylic acids is 2. The highest BCUT2D eigenvalue weighted by atomic mass is 32.2. The number of amides is 2. The Bertz CT molecular complexity index is 806. The van der Waals surface area contributed by atoms with Crippen LogP contribution in [0.4, 0.5) is 10.5 Å². The minimum absolute atomic E-state index is 0.0220. The van der Waals surface area contributed by atoms with Crippen LogP contribution in [-0.4, -0.2) is 23.2 Å². The first-order chi connectivity index (χ1) is 11.2. The van der Waals surface area contributed by atoms with Crippen molar-refractivity contribution in [1.29, 1.82) is 0 Å². The van der Waals surface area contributed by atoms with Gasteiger partial charge < -0.3 is 4.90 Å². The van der Waals surface area contributed by atoms with Crippen LogP contribution in [-0.2, 0) is 4.79 Å². The van der Waals surface area contributed by atoms with Crippen LogP contribution in [0.5, 0.6) is 0 Å². The van der Waals surface area contributed by atoms with Gasteiger partial charge in [-0.1, -0.05) is 6.08 Å². The van der Waals surface area contributed by atoms with Gasteiger partial charge in [0.15, 0.2) is 0 Å². The van der Waals surface area contributed by atoms with E-state index in [-0.39, 0.29) is 16.7 Å². The molecule has 0 aliphatic carbocycles. The molecule has 24 heavy (non-hydrogen) atoms. The van der Waals surface area contributed by atoms with Crippen molar-refractivity contribution in [3.05, 3.63) is 39.8 Å². The maximum absolute atomic E-state index is 11.8. The molecule has 2 heterocycles. The fourth-order valence-electron chi connectivity index (χ4n) is 3.54. The van der Waals surface area contributed by atoms with E-state index in [0.717, 1.165) is 29.4 Å². The molecule has 5 heteroatoms. The molecule has 4 nitrogen and oxygen atoms in total. The van der Waals surface area contributed by atoms with E-state index in [4.69, 9.17) is 0 Å². The Morgan fingerprint density at radius 1 is 1.25 bits per heavy atom. The number of hydrogen-bond acceptors (Lipinski definition) is 4. The van der Waals surface area contributed by atoms with Crippen LogP contribution in [0.3, 0.4) is 0 Å². The molecule has 0 saturated carbocycles. The number of imide groups is 1. The molecule has 2 aliphatic rings. The summed E-state index contributed by atoms with van der Waals surface area (Å²) in [5.41, 5.74) is 5.69. The molecule has 1 fully saturated rings. The van der Waals surface area contributed by atoms with Crippen molar-refractivity contribution in [1.82, 2.24) is 5.32 Å². The summed E-state index contributed by atoms with van der Waals surface area (Å²) in [7, 11) is 0. The highest BCUT2D eigenvalue weighted by molar-refractivity contribution is 8.18. The SMILES string of the molecule is CCN1c2cc(C)c(/C=C3\SC(=O)NC3=O)cc2C(C)=CC1(C)C. The van der Waals surface area contributed by atoms with Gasteiger partial charge >= 0.3 is 0 Å². The van der Waals surface area contributed by atoms with Crippen molar-refractivity contribution in [2.24, 2.45) is 0 Å². The summed E-state index contributed by atoms with van der Waals surface area (Å²) in [6.07, 6.45) is 4.09. The van der Waals surface area contributed by atoms with Crippen LogP contribution < -0.4 is 10.2 Å². The van der Waals surface area contributed by atoms with E-state index in [1.54, 1.807) is 0 Å². The third-order valence-corrected chi connectivity index (χ3v) is 5.42. The molecule has 126 valence electrons. The number of benzene rings is 1. The molecule has 1 saturated heterocycles. The molecule has 0 radical (unpaired) electrons. The van der Waals surface area contributed by atoms with Crippen LogP contribution in [0.15, 0.2) is 23.1 Å². The summed E-state index contributed by atoms with van der Waals surface area (Å²) >= 11 is 0.957. The normalized spacial score (nSPS) is 21.0. The monoisotopic (exact) mass is 342 g/mol. The topological polar surface area (TPSA) is 49.4 Å². The Morgan fingerprint density at radius 2 is 1.96 bits per heavy atom. The van der Waals surface area contributed by atoms with Crippen LogP contribution in [0.25, 0.3) is 11.6 Å². The largest absolute Gasteiger partial charge is 0.363 e. The number of rotatable bonds is 2. The number of fused-ring (bicyclic) bond motifs is 1. The molecule has 0 atom stereocenters. The molecule has 3 rings (SSSR count). The summed E-state index contributed by atoms with van der Waals surface area (Å²) in [6.45, 7) is 11.7. The van der Waals surface area contributed by atoms with Crippen molar-refractivity contribution >= 4 is 40.2 Å². The van der Waals surface area contributed by atoms with Gasteiger partial charge in [-0.3, -0.25) is 14.9 Å². The quantitative estimate of drug-likeness (QED) is 0.812. The second-order valence-electron chi connectivity index (χ2n) is 6.80. The molecule has 0 unspecified atom stereocenters. The first-order valence-corrected chi connectivity index (χ1v) is 8.91. The fraction of sp³-hybridized carbons (Fsp3) is 0.368. The lowest BCUT2D eigenvalue weighted by Crippen LogP contribution is -2.44. The highest BCUT2D eigenvalue weighted by Gasteiger charge is 2.31. The van der Waals surface area contributed by atoms with Gasteiger partial charge in [0.05, 0.1) is 10.4 Å². The van der Waals surface area contributed by atoms with E-state index in [0.29, 0.717) is 4.91 Å². The minimum Gasteiger partial charge on any atom is -0.363 e. The van der Waals surface area contributed by atoms with Gasteiger partial charge in [-0.05, 0) is 81.3 Å². The number of hydrogen-bond donors (Lipinski definition) is 1. The predicted octanol–water partition coefficient (Wildman–Crippen LogP) is 4.34. The van der Waals surface area contributed by atoms with E-state index < -0.39 is 0 Å². The Balaban J connectivity index is 2.11. The smallest absolute Gasteiger partial charge is 0.290 e. The summed E-state index contributed by atoms with van der Waals surface area (Å²) in [6, 6.07) is 4.31. The number of likely N-dealkylation sites (N-methyl/N-ethyl adjacent to an activating group) is 1. The number of thioether (sulfide) groups is 1. The van der Waals surface area contributed by atoms with Crippen LogP contribution in [0.2, 0.25) is 0 Å². The highest BCUT2D eigenvalue weighted by Crippen LogP contribution is 2.40. The van der Waals surface area contributed by atoms with Crippen LogP contribution >= 0.6 is 11.8 Å². The molecule has 0 aromatic heterocycles. The Hall–Kier alpha value is -2.01. The Morgan fingerprint density at radius 3 is 2.54 bits per heavy atom. The van der Waals surface area contributed by atoms with Gasteiger partial charge in [0.1, 0.15) is 0 Å². The molecule has 0 bridgehead atoms. The molecule has 0 spiro atoms. The zero-order valence-electron chi connectivity index (χ0n) is 14.7. The fourth-order valence-corrected chi connectivity index (χ4v) is 4.21. The summed E-state index contributed by atoms with van der Waals surface area (Å²) in [5, 5.41) is 1.99. The molecular weight excluding hydrogens is 320 g/mol. The van der Waals surface area contributed by atoms with Crippen molar-refractivity contribution < 1.29 is 9.59 Å². The lowest BCUT2D eigenvalue weighted by molar-refractivity contribution is -0.115. The maximum atomic E-state index is 11.8. The first-order valence-electron chi connectivity index (χ1n) is 8.10. The van der Waals surface area contributed by atoms with E-state index in [1.165, 1.54) is 16.8 Å². The van der Waals surface area contributed by atoms with E-state index in [9.17, 15) is 9.59 Å². The number of nitrogens with zero attached hydrogens (tertiary/aromatic N) is 1. The third kappa shape index (κ3) is 2.77. The van der Waals surface area contributed by atoms with E-state index in [1.807, 2.05) is 13.0 Å². The van der Waals surface area contributed by atoms with Crippen LogP contribution in [0, 0.1) is 6.92 Å². The van der Waals surface area contributed by atoms with Gasteiger partial charge in [-0.2, -0.15) is 0 Å². The van der Waals surface area contributed by atoms with Crippen molar-refractivity contribution in [3.8, 4) is 0 Å². The average molecular weight is 342 g/mol. The van der Waals surface area contributed by atoms with E-state index in [2.05, 4.69) is 56.1 Å². The molecule has 1 aromatic carbocycles. The Kier molecular flexibility index (Phi) is 4.08. The summed E-state index contributed by atoms with van der Waals surface area (Å²) in [5.74, 6) is -0.314. The third-order valence-electron chi connectivity index (χ3n) is 4.61. The van der Waals surface area contributed by atoms with Crippen LogP contribution in [0.1, 0.15) is 44.4 Å². The van der Waals surface area contributed by atoms with Gasteiger partial charge in [0.2, 0.25) is 0 Å². The lowest BCUT2D eigenvalue weighted by Gasteiger charge is -2.43. The zero-order chi connectivity index (χ0) is 17.6. The number of carbonyl (C=O) groups is 2. The van der Waals surface area contributed by atoms with Gasteiger partial charge in [0.25, 0.3) is 11.1 Å². The molecular formula is C19H22N2O2S. The van der Waals surface area contributed by atoms with Gasteiger partial charge in [0, 0.05) is 17.8 Å². The number of anilines is 1. The van der Waals surface area contributed by atoms with Gasteiger partial charge in [-0.25, -0.2) is 0 Å². The standard InChI is InChI=1S/C19H22N2O2S/c1-6-21-15-7-11(2)13(9-16-17(22)20-18(23)24-16)8-14(15)12(3)10-19(21,4)5/h7-10H,6H2,1-5H3,(H,20,22,23)/b16-9-. The summed E-state index contributed by atoms with van der Waals surface area (Å²) in [4.78, 5) is 26.0. The number of nitrogens with one attached hydrogen (secondary N) is 1. The van der Waals surface area contributed by atoms with Crippen molar-refractivity contribution in [2.45, 2.75) is 40.2 Å². The number of aryl methyl sites for hydroxylation is 1. The molecule has 2 aliphatic heterocycles. The van der Waals surface area contributed by atoms with E-state index >= 15 is 0 Å². The lowest BCUT2D eigenvalue weighted by atomic mass is 9.87. The maximum Gasteiger partial charge on any atom is 0.290 e. The van der Waals surface area contributed by atoms with Crippen molar-refractivity contribution in [2.75, 3.05) is 11.4 Å². The first kappa shape index (κ1) is 16.8.